The van der Waals surface area contributed by atoms with E-state index in [-0.39, 0.29) is 17.9 Å². The van der Waals surface area contributed by atoms with Crippen LogP contribution in [-0.4, -0.2) is 38.9 Å². The smallest absolute Gasteiger partial charge is 0.308 e. The van der Waals surface area contributed by atoms with Gasteiger partial charge in [-0.25, -0.2) is 8.42 Å². The number of sulfonamides is 1. The number of carbonyl (C=O) groups excluding carboxylic acids is 1. The first-order valence-electron chi connectivity index (χ1n) is 12.2. The molecule has 8 heteroatoms. The molecule has 2 aromatic carbocycles. The fraction of sp³-hybridized carbons (Fsp3) is 0.444. The summed E-state index contributed by atoms with van der Waals surface area (Å²) in [5, 5.41) is 3.65. The van der Waals surface area contributed by atoms with Crippen LogP contribution in [0.4, 0.5) is 5.69 Å². The van der Waals surface area contributed by atoms with Crippen molar-refractivity contribution in [3.8, 4) is 11.5 Å². The molecule has 3 aliphatic rings. The number of rotatable bonds is 5. The SMILES string of the molecule is COc1cc(C2Nc3ccc(S(=O)(=O)N4CCC(C)CC4)cc3C3C=CCC32)ccc1OC(C)=O. The molecule has 0 amide bonds. The van der Waals surface area contributed by atoms with Crippen LogP contribution >= 0.6 is 0 Å². The van der Waals surface area contributed by atoms with E-state index in [1.54, 1.807) is 23.5 Å². The van der Waals surface area contributed by atoms with Gasteiger partial charge in [-0.15, -0.1) is 0 Å². The number of methoxy groups -OCH3 is 1. The van der Waals surface area contributed by atoms with Crippen molar-refractivity contribution in [1.29, 1.82) is 0 Å². The highest BCUT2D eigenvalue weighted by Gasteiger charge is 2.39. The first-order valence-corrected chi connectivity index (χ1v) is 13.7. The van der Waals surface area contributed by atoms with Crippen LogP contribution in [0, 0.1) is 11.8 Å². The Morgan fingerprint density at radius 1 is 1.09 bits per heavy atom. The molecular weight excluding hydrogens is 464 g/mol. The molecule has 3 atom stereocenters. The second-order valence-electron chi connectivity index (χ2n) is 9.82. The molecule has 1 aliphatic carbocycles. The Morgan fingerprint density at radius 3 is 2.57 bits per heavy atom. The van der Waals surface area contributed by atoms with E-state index in [4.69, 9.17) is 9.47 Å². The summed E-state index contributed by atoms with van der Waals surface area (Å²) in [6, 6.07) is 11.1. The summed E-state index contributed by atoms with van der Waals surface area (Å²) < 4.78 is 39.1. The van der Waals surface area contributed by atoms with E-state index in [1.807, 2.05) is 24.3 Å². The number of benzene rings is 2. The number of esters is 1. The molecule has 1 N–H and O–H groups in total. The maximum Gasteiger partial charge on any atom is 0.308 e. The summed E-state index contributed by atoms with van der Waals surface area (Å²) in [4.78, 5) is 11.8. The zero-order valence-electron chi connectivity index (χ0n) is 20.4. The van der Waals surface area contributed by atoms with E-state index in [2.05, 4.69) is 24.4 Å². The normalized spacial score (nSPS) is 24.4. The Hall–Kier alpha value is -2.84. The summed E-state index contributed by atoms with van der Waals surface area (Å²) in [6.07, 6.45) is 7.06. The summed E-state index contributed by atoms with van der Waals surface area (Å²) in [7, 11) is -1.96. The highest BCUT2D eigenvalue weighted by Crippen LogP contribution is 2.51. The second-order valence-corrected chi connectivity index (χ2v) is 11.8. The van der Waals surface area contributed by atoms with E-state index in [1.165, 1.54) is 6.92 Å². The van der Waals surface area contributed by atoms with Crippen molar-refractivity contribution >= 4 is 21.7 Å². The summed E-state index contributed by atoms with van der Waals surface area (Å²) in [5.41, 5.74) is 2.99. The van der Waals surface area contributed by atoms with Crippen molar-refractivity contribution < 1.29 is 22.7 Å². The molecule has 1 saturated heterocycles. The second kappa shape index (κ2) is 9.32. The molecule has 2 heterocycles. The lowest BCUT2D eigenvalue weighted by Crippen LogP contribution is -2.38. The molecule has 2 aromatic rings. The predicted molar refractivity (Wildman–Crippen MR) is 134 cm³/mol. The standard InChI is InChI=1S/C27H32N2O5S/c1-17-11-13-29(14-12-17)35(31,32)20-8-9-24-23(16-20)21-5-4-6-22(21)27(28-24)19-7-10-25(34-18(2)30)26(15-19)33-3/h4-5,7-10,15-17,21-22,27-28H,6,11-14H2,1-3H3. The van der Waals surface area contributed by atoms with E-state index >= 15 is 0 Å². The van der Waals surface area contributed by atoms with Gasteiger partial charge in [-0.2, -0.15) is 4.31 Å². The maximum absolute atomic E-state index is 13.4. The third-order valence-corrected chi connectivity index (χ3v) is 9.41. The van der Waals surface area contributed by atoms with E-state index in [9.17, 15) is 13.2 Å². The lowest BCUT2D eigenvalue weighted by Gasteiger charge is -2.38. The van der Waals surface area contributed by atoms with E-state index < -0.39 is 16.0 Å². The van der Waals surface area contributed by atoms with Crippen LogP contribution in [-0.2, 0) is 14.8 Å². The lowest BCUT2D eigenvalue weighted by atomic mass is 9.77. The Kier molecular flexibility index (Phi) is 6.36. The monoisotopic (exact) mass is 496 g/mol. The number of fused-ring (bicyclic) bond motifs is 3. The zero-order valence-corrected chi connectivity index (χ0v) is 21.2. The quantitative estimate of drug-likeness (QED) is 0.361. The Balaban J connectivity index is 1.46. The molecule has 186 valence electrons. The molecule has 0 bridgehead atoms. The van der Waals surface area contributed by atoms with Crippen molar-refractivity contribution in [2.24, 2.45) is 11.8 Å². The Labute approximate surface area is 207 Å². The maximum atomic E-state index is 13.4. The average Bonchev–Trinajstić information content (AvgIpc) is 3.34. The van der Waals surface area contributed by atoms with Gasteiger partial charge in [0.1, 0.15) is 0 Å². The van der Waals surface area contributed by atoms with Gasteiger partial charge in [0.2, 0.25) is 10.0 Å². The molecule has 0 spiro atoms. The predicted octanol–water partition coefficient (Wildman–Crippen LogP) is 4.87. The number of hydrogen-bond acceptors (Lipinski definition) is 6. The first-order chi connectivity index (χ1) is 16.8. The van der Waals surface area contributed by atoms with Gasteiger partial charge >= 0.3 is 5.97 Å². The third kappa shape index (κ3) is 4.45. The topological polar surface area (TPSA) is 84.9 Å². The third-order valence-electron chi connectivity index (χ3n) is 7.52. The van der Waals surface area contributed by atoms with Crippen molar-refractivity contribution in [3.63, 3.8) is 0 Å². The van der Waals surface area contributed by atoms with Crippen molar-refractivity contribution in [1.82, 2.24) is 4.31 Å². The van der Waals surface area contributed by atoms with Gasteiger partial charge in [-0.05, 0) is 72.6 Å². The number of anilines is 1. The number of hydrogen-bond donors (Lipinski definition) is 1. The van der Waals surface area contributed by atoms with Crippen molar-refractivity contribution in [2.45, 2.75) is 50.0 Å². The number of nitrogens with zero attached hydrogens (tertiary/aromatic N) is 1. The van der Waals surface area contributed by atoms with Crippen LogP contribution in [0.15, 0.2) is 53.4 Å². The highest BCUT2D eigenvalue weighted by atomic mass is 32.2. The van der Waals surface area contributed by atoms with Crippen molar-refractivity contribution in [3.05, 3.63) is 59.7 Å². The van der Waals surface area contributed by atoms with Crippen LogP contribution in [0.25, 0.3) is 0 Å². The molecule has 0 radical (unpaired) electrons. The molecule has 0 aromatic heterocycles. The van der Waals surface area contributed by atoms with Gasteiger partial charge in [-0.3, -0.25) is 4.79 Å². The van der Waals surface area contributed by atoms with Gasteiger partial charge in [0, 0.05) is 31.6 Å². The fourth-order valence-electron chi connectivity index (χ4n) is 5.55. The fourth-order valence-corrected chi connectivity index (χ4v) is 7.06. The molecule has 2 aliphatic heterocycles. The van der Waals surface area contributed by atoms with Gasteiger partial charge in [0.05, 0.1) is 18.0 Å². The van der Waals surface area contributed by atoms with E-state index in [0.29, 0.717) is 35.4 Å². The van der Waals surface area contributed by atoms with Crippen LogP contribution < -0.4 is 14.8 Å². The average molecular weight is 497 g/mol. The molecule has 35 heavy (non-hydrogen) atoms. The van der Waals surface area contributed by atoms with Crippen LogP contribution in [0.3, 0.4) is 0 Å². The first kappa shape index (κ1) is 23.9. The van der Waals surface area contributed by atoms with Crippen LogP contribution in [0.5, 0.6) is 11.5 Å². The van der Waals surface area contributed by atoms with Gasteiger partial charge < -0.3 is 14.8 Å². The largest absolute Gasteiger partial charge is 0.493 e. The zero-order chi connectivity index (χ0) is 24.7. The van der Waals surface area contributed by atoms with Gasteiger partial charge in [0.25, 0.3) is 0 Å². The minimum atomic E-state index is -3.51. The minimum absolute atomic E-state index is 0.00816. The Morgan fingerprint density at radius 2 is 1.86 bits per heavy atom. The number of nitrogens with one attached hydrogen (secondary N) is 1. The highest BCUT2D eigenvalue weighted by molar-refractivity contribution is 7.89. The number of carbonyl (C=O) groups is 1. The minimum Gasteiger partial charge on any atom is -0.493 e. The summed E-state index contributed by atoms with van der Waals surface area (Å²) in [5.74, 6) is 1.42. The Bertz CT molecular complexity index is 1260. The molecular formula is C27H32N2O5S. The lowest BCUT2D eigenvalue weighted by molar-refractivity contribution is -0.132. The van der Waals surface area contributed by atoms with Crippen LogP contribution in [0.2, 0.25) is 0 Å². The molecule has 3 unspecified atom stereocenters. The number of allylic oxidation sites excluding steroid dienone is 2. The molecule has 7 nitrogen and oxygen atoms in total. The summed E-state index contributed by atoms with van der Waals surface area (Å²) >= 11 is 0. The molecule has 5 rings (SSSR count). The number of ether oxygens (including phenoxy) is 2. The van der Waals surface area contributed by atoms with Gasteiger partial charge in [-0.1, -0.05) is 25.1 Å². The van der Waals surface area contributed by atoms with Gasteiger partial charge in [0.15, 0.2) is 11.5 Å². The van der Waals surface area contributed by atoms with E-state index in [0.717, 1.165) is 36.1 Å². The summed E-state index contributed by atoms with van der Waals surface area (Å²) in [6.45, 7) is 4.70. The number of piperidine rings is 1. The van der Waals surface area contributed by atoms with Crippen LogP contribution in [0.1, 0.15) is 56.2 Å². The molecule has 0 saturated carbocycles. The molecule has 1 fully saturated rings. The van der Waals surface area contributed by atoms with Crippen molar-refractivity contribution in [2.75, 3.05) is 25.5 Å².